The van der Waals surface area contributed by atoms with Crippen LogP contribution >= 0.6 is 0 Å². The molecule has 0 bridgehead atoms. The first kappa shape index (κ1) is 16.9. The van der Waals surface area contributed by atoms with Crippen molar-refractivity contribution in [2.75, 3.05) is 14.1 Å². The molecule has 106 valence electrons. The van der Waals surface area contributed by atoms with Crippen LogP contribution in [0.5, 0.6) is 0 Å². The van der Waals surface area contributed by atoms with Crippen LogP contribution in [0.25, 0.3) is 0 Å². The molecule has 0 amide bonds. The highest BCUT2D eigenvalue weighted by Crippen LogP contribution is 2.19. The lowest BCUT2D eigenvalue weighted by molar-refractivity contribution is -0.170. The minimum Gasteiger partial charge on any atom is -0.479 e. The van der Waals surface area contributed by atoms with Crippen molar-refractivity contribution in [2.45, 2.75) is 51.3 Å². The zero-order valence-corrected chi connectivity index (χ0v) is 12.0. The maximum atomic E-state index is 11.9. The van der Waals surface area contributed by atoms with Crippen molar-refractivity contribution in [1.29, 1.82) is 0 Å². The number of carboxylic acids is 1. The summed E-state index contributed by atoms with van der Waals surface area (Å²) in [6, 6.07) is -0.154. The van der Waals surface area contributed by atoms with E-state index in [1.165, 1.54) is 0 Å². The van der Waals surface area contributed by atoms with Crippen LogP contribution in [-0.4, -0.2) is 53.2 Å². The fourth-order valence-electron chi connectivity index (χ4n) is 1.28. The van der Waals surface area contributed by atoms with E-state index in [0.29, 0.717) is 0 Å². The fraction of sp³-hybridized carbons (Fsp3) is 0.833. The molecule has 0 aliphatic heterocycles. The molecule has 0 spiro atoms. The highest BCUT2D eigenvalue weighted by atomic mass is 16.6. The van der Waals surface area contributed by atoms with Crippen molar-refractivity contribution in [2.24, 2.45) is 5.73 Å². The largest absolute Gasteiger partial charge is 0.479 e. The van der Waals surface area contributed by atoms with Gasteiger partial charge < -0.3 is 20.5 Å². The Kier molecular flexibility index (Phi) is 5.31. The molecule has 18 heavy (non-hydrogen) atoms. The van der Waals surface area contributed by atoms with E-state index in [-0.39, 0.29) is 12.5 Å². The van der Waals surface area contributed by atoms with Crippen LogP contribution < -0.4 is 5.73 Å². The first-order chi connectivity index (χ1) is 7.90. The van der Waals surface area contributed by atoms with Crippen molar-refractivity contribution >= 4 is 11.9 Å². The SMILES string of the molecule is CC(CC(N)(C(=O)O)C(=O)OC(C)(C)C)N(C)C. The summed E-state index contributed by atoms with van der Waals surface area (Å²) in [6.07, 6.45) is -0.00968. The monoisotopic (exact) mass is 260 g/mol. The summed E-state index contributed by atoms with van der Waals surface area (Å²) in [4.78, 5) is 25.0. The number of nitrogens with zero attached hydrogens (tertiary/aromatic N) is 1. The topological polar surface area (TPSA) is 92.9 Å². The number of rotatable bonds is 5. The van der Waals surface area contributed by atoms with E-state index in [9.17, 15) is 14.7 Å². The molecule has 0 aromatic rings. The number of carboxylic acid groups (broad SMARTS) is 1. The molecule has 0 heterocycles. The molecule has 0 radical (unpaired) electrons. The van der Waals surface area contributed by atoms with Crippen molar-refractivity contribution in [3.05, 3.63) is 0 Å². The molecule has 0 saturated carbocycles. The number of nitrogens with two attached hydrogens (primary N) is 1. The number of esters is 1. The molecule has 2 unspecified atom stereocenters. The van der Waals surface area contributed by atoms with Gasteiger partial charge in [0, 0.05) is 12.5 Å². The van der Waals surface area contributed by atoms with E-state index < -0.39 is 23.1 Å². The second-order valence-corrected chi connectivity index (χ2v) is 5.80. The fourth-order valence-corrected chi connectivity index (χ4v) is 1.28. The lowest BCUT2D eigenvalue weighted by Gasteiger charge is -2.31. The zero-order valence-electron chi connectivity index (χ0n) is 12.0. The van der Waals surface area contributed by atoms with Gasteiger partial charge in [-0.15, -0.1) is 0 Å². The summed E-state index contributed by atoms with van der Waals surface area (Å²) < 4.78 is 5.08. The average Bonchev–Trinajstić information content (AvgIpc) is 2.13. The highest BCUT2D eigenvalue weighted by Gasteiger charge is 2.46. The molecule has 0 aromatic heterocycles. The van der Waals surface area contributed by atoms with E-state index in [1.54, 1.807) is 46.7 Å². The lowest BCUT2D eigenvalue weighted by Crippen LogP contribution is -2.59. The van der Waals surface area contributed by atoms with Gasteiger partial charge in [0.1, 0.15) is 5.60 Å². The quantitative estimate of drug-likeness (QED) is 0.551. The van der Waals surface area contributed by atoms with Crippen LogP contribution in [-0.2, 0) is 14.3 Å². The molecule has 2 atom stereocenters. The number of carbonyl (C=O) groups excluding carboxylic acids is 1. The molecular weight excluding hydrogens is 236 g/mol. The standard InChI is InChI=1S/C12H24N2O4/c1-8(14(5)6)7-12(13,9(15)16)10(17)18-11(2,3)4/h8H,7,13H2,1-6H3,(H,15,16). The number of hydrogen-bond acceptors (Lipinski definition) is 5. The van der Waals surface area contributed by atoms with Gasteiger partial charge in [0.25, 0.3) is 0 Å². The highest BCUT2D eigenvalue weighted by molar-refractivity contribution is 6.04. The van der Waals surface area contributed by atoms with E-state index >= 15 is 0 Å². The van der Waals surface area contributed by atoms with Gasteiger partial charge >= 0.3 is 11.9 Å². The minimum atomic E-state index is -2.02. The molecule has 3 N–H and O–H groups in total. The molecule has 0 saturated heterocycles. The summed E-state index contributed by atoms with van der Waals surface area (Å²) in [7, 11) is 3.59. The van der Waals surface area contributed by atoms with Crippen molar-refractivity contribution in [3.63, 3.8) is 0 Å². The molecular formula is C12H24N2O4. The maximum Gasteiger partial charge on any atom is 0.338 e. The number of hydrogen-bond donors (Lipinski definition) is 2. The molecule has 0 fully saturated rings. The van der Waals surface area contributed by atoms with Gasteiger partial charge in [-0.25, -0.2) is 9.59 Å². The predicted molar refractivity (Wildman–Crippen MR) is 68.2 cm³/mol. The molecule has 0 aliphatic rings. The van der Waals surface area contributed by atoms with Crippen LogP contribution in [0.4, 0.5) is 0 Å². The zero-order chi connectivity index (χ0) is 14.7. The summed E-state index contributed by atoms with van der Waals surface area (Å²) in [5, 5.41) is 9.19. The van der Waals surface area contributed by atoms with Gasteiger partial charge in [-0.2, -0.15) is 0 Å². The molecule has 0 aliphatic carbocycles. The number of aliphatic carboxylic acids is 1. The predicted octanol–water partition coefficient (Wildman–Crippen LogP) is 0.450. The minimum absolute atomic E-state index is 0.00968. The van der Waals surface area contributed by atoms with E-state index in [0.717, 1.165) is 0 Å². The number of ether oxygens (including phenoxy) is 1. The van der Waals surface area contributed by atoms with Crippen LogP contribution in [0, 0.1) is 0 Å². The Hall–Kier alpha value is -1.14. The Labute approximate surface area is 108 Å². The van der Waals surface area contributed by atoms with Crippen molar-refractivity contribution < 1.29 is 19.4 Å². The first-order valence-corrected chi connectivity index (χ1v) is 5.82. The molecule has 6 nitrogen and oxygen atoms in total. The van der Waals surface area contributed by atoms with Gasteiger partial charge in [-0.3, -0.25) is 0 Å². The van der Waals surface area contributed by atoms with E-state index in [2.05, 4.69) is 0 Å². The molecule has 6 heteroatoms. The maximum absolute atomic E-state index is 11.9. The molecule has 0 aromatic carbocycles. The smallest absolute Gasteiger partial charge is 0.338 e. The van der Waals surface area contributed by atoms with E-state index in [4.69, 9.17) is 10.5 Å². The van der Waals surface area contributed by atoms with Crippen molar-refractivity contribution in [1.82, 2.24) is 4.90 Å². The Morgan fingerprint density at radius 2 is 1.78 bits per heavy atom. The first-order valence-electron chi connectivity index (χ1n) is 5.82. The van der Waals surface area contributed by atoms with Gasteiger partial charge in [0.2, 0.25) is 5.54 Å². The summed E-state index contributed by atoms with van der Waals surface area (Å²) in [5.74, 6) is -2.28. The summed E-state index contributed by atoms with van der Waals surface area (Å²) in [6.45, 7) is 6.81. The third kappa shape index (κ3) is 4.62. The van der Waals surface area contributed by atoms with Gasteiger partial charge in [-0.1, -0.05) is 0 Å². The Balaban J connectivity index is 5.04. The second kappa shape index (κ2) is 5.67. The second-order valence-electron chi connectivity index (χ2n) is 5.80. The Morgan fingerprint density at radius 1 is 1.33 bits per heavy atom. The third-order valence-electron chi connectivity index (χ3n) is 2.64. The number of carbonyl (C=O) groups is 2. The van der Waals surface area contributed by atoms with E-state index in [1.807, 2.05) is 0 Å². The van der Waals surface area contributed by atoms with Crippen molar-refractivity contribution in [3.8, 4) is 0 Å². The third-order valence-corrected chi connectivity index (χ3v) is 2.64. The van der Waals surface area contributed by atoms with Gasteiger partial charge in [0.15, 0.2) is 0 Å². The van der Waals surface area contributed by atoms with Crippen LogP contribution in [0.2, 0.25) is 0 Å². The Morgan fingerprint density at radius 3 is 2.06 bits per heavy atom. The molecule has 0 rings (SSSR count). The normalized spacial score (nSPS) is 17.1. The van der Waals surface area contributed by atoms with Crippen LogP contribution in [0.1, 0.15) is 34.1 Å². The average molecular weight is 260 g/mol. The summed E-state index contributed by atoms with van der Waals surface area (Å²) >= 11 is 0. The summed E-state index contributed by atoms with van der Waals surface area (Å²) in [5.41, 5.74) is 2.95. The van der Waals surface area contributed by atoms with Crippen LogP contribution in [0.3, 0.4) is 0 Å². The van der Waals surface area contributed by atoms with Crippen LogP contribution in [0.15, 0.2) is 0 Å². The van der Waals surface area contributed by atoms with Gasteiger partial charge in [0.05, 0.1) is 0 Å². The Bertz CT molecular complexity index is 323. The van der Waals surface area contributed by atoms with Gasteiger partial charge in [-0.05, 0) is 41.8 Å². The lowest BCUT2D eigenvalue weighted by atomic mass is 9.92.